The van der Waals surface area contributed by atoms with Crippen LogP contribution >= 0.6 is 0 Å². The minimum Gasteiger partial charge on any atom is -0.426 e. The Labute approximate surface area is 213 Å². The molecular weight excluding hydrogens is 428 g/mol. The molecule has 2 aliphatic carbocycles. The zero-order valence-corrected chi connectivity index (χ0v) is 21.8. The number of ether oxygens (including phenoxy) is 1. The summed E-state index contributed by atoms with van der Waals surface area (Å²) in [5.41, 5.74) is 2.77. The highest BCUT2D eigenvalue weighted by atomic mass is 16.5. The van der Waals surface area contributed by atoms with Gasteiger partial charge in [-0.2, -0.15) is 0 Å². The predicted octanol–water partition coefficient (Wildman–Crippen LogP) is 8.91. The zero-order valence-electron chi connectivity index (χ0n) is 21.8. The molecule has 0 N–H and O–H groups in total. The summed E-state index contributed by atoms with van der Waals surface area (Å²) >= 11 is 0. The van der Waals surface area contributed by atoms with Gasteiger partial charge in [0.05, 0.1) is 5.92 Å². The summed E-state index contributed by atoms with van der Waals surface area (Å²) in [5.74, 6) is 3.95. The zero-order chi connectivity index (χ0) is 24.5. The minimum absolute atomic E-state index is 0.0243. The van der Waals surface area contributed by atoms with Crippen molar-refractivity contribution in [1.82, 2.24) is 0 Å². The smallest absolute Gasteiger partial charge is 0.314 e. The Kier molecular flexibility index (Phi) is 9.63. The van der Waals surface area contributed by atoms with Gasteiger partial charge in [0.1, 0.15) is 5.75 Å². The van der Waals surface area contributed by atoms with Crippen molar-refractivity contribution in [2.45, 2.75) is 90.4 Å². The van der Waals surface area contributed by atoms with Gasteiger partial charge in [0.2, 0.25) is 0 Å². The van der Waals surface area contributed by atoms with Gasteiger partial charge in [-0.3, -0.25) is 4.79 Å². The summed E-state index contributed by atoms with van der Waals surface area (Å²) in [5, 5.41) is 0. The van der Waals surface area contributed by atoms with Gasteiger partial charge in [-0.05, 0) is 112 Å². The summed E-state index contributed by atoms with van der Waals surface area (Å²) in [4.78, 5) is 12.8. The van der Waals surface area contributed by atoms with Crippen molar-refractivity contribution in [1.29, 1.82) is 0 Å². The summed E-state index contributed by atoms with van der Waals surface area (Å²) in [6, 6.07) is 19.1. The Hall–Kier alpha value is -2.35. The number of carbonyl (C=O) groups excluding carboxylic acids is 1. The van der Waals surface area contributed by atoms with E-state index in [4.69, 9.17) is 4.74 Å². The van der Waals surface area contributed by atoms with E-state index in [0.717, 1.165) is 43.4 Å². The molecule has 0 amide bonds. The monoisotopic (exact) mass is 472 g/mol. The van der Waals surface area contributed by atoms with Crippen LogP contribution in [0.4, 0.5) is 0 Å². The summed E-state index contributed by atoms with van der Waals surface area (Å²) in [6.07, 6.45) is 17.6. The lowest BCUT2D eigenvalue weighted by atomic mass is 9.68. The van der Waals surface area contributed by atoms with E-state index in [1.807, 2.05) is 12.1 Å². The quantitative estimate of drug-likeness (QED) is 0.207. The maximum Gasteiger partial charge on any atom is 0.314 e. The Morgan fingerprint density at radius 1 is 0.886 bits per heavy atom. The van der Waals surface area contributed by atoms with Crippen molar-refractivity contribution in [3.05, 3.63) is 77.9 Å². The Morgan fingerprint density at radius 2 is 1.51 bits per heavy atom. The third kappa shape index (κ3) is 7.56. The molecule has 2 fully saturated rings. The number of esters is 1. The number of hydrogen-bond acceptors (Lipinski definition) is 2. The number of carbonyl (C=O) groups is 1. The van der Waals surface area contributed by atoms with Crippen LogP contribution in [-0.4, -0.2) is 5.97 Å². The average molecular weight is 473 g/mol. The fourth-order valence-corrected chi connectivity index (χ4v) is 6.48. The summed E-state index contributed by atoms with van der Waals surface area (Å²) < 4.78 is 5.75. The molecule has 0 bridgehead atoms. The molecule has 0 radical (unpaired) electrons. The van der Waals surface area contributed by atoms with E-state index in [1.165, 1.54) is 56.1 Å². The second-order valence-electron chi connectivity index (χ2n) is 11.1. The molecule has 2 saturated carbocycles. The molecule has 0 aliphatic heterocycles. The van der Waals surface area contributed by atoms with Gasteiger partial charge in [-0.25, -0.2) is 0 Å². The van der Waals surface area contributed by atoms with E-state index in [-0.39, 0.29) is 11.9 Å². The van der Waals surface area contributed by atoms with Crippen molar-refractivity contribution >= 4 is 5.97 Å². The summed E-state index contributed by atoms with van der Waals surface area (Å²) in [6.45, 7) is 4.44. The summed E-state index contributed by atoms with van der Waals surface area (Å²) in [7, 11) is 0. The molecular formula is C33H44O2. The van der Waals surface area contributed by atoms with Crippen molar-refractivity contribution in [3.63, 3.8) is 0 Å². The molecule has 2 aliphatic rings. The first-order valence-corrected chi connectivity index (χ1v) is 14.1. The van der Waals surface area contributed by atoms with Gasteiger partial charge >= 0.3 is 5.97 Å². The standard InChI is InChI=1S/C33H44O2/c1-3-4-6-9-26-14-22-32(23-15-26)35-33(34)31-20-18-30(19-21-31)29-16-12-27(13-17-29)24-25(2)28-10-7-5-8-11-28/h3-5,7-8,10-11,14-15,22-23,25,27,29-31H,6,9,12-13,16-21,24H2,1-2H3/b4-3+/t25-,27?,29?,30?,31?/m1/s1. The molecule has 2 aromatic rings. The molecule has 0 unspecified atom stereocenters. The Morgan fingerprint density at radius 3 is 2.14 bits per heavy atom. The largest absolute Gasteiger partial charge is 0.426 e. The number of benzene rings is 2. The Balaban J connectivity index is 1.16. The molecule has 0 saturated heterocycles. The van der Waals surface area contributed by atoms with Crippen LogP contribution in [0.5, 0.6) is 5.75 Å². The van der Waals surface area contributed by atoms with Crippen molar-refractivity contribution in [2.24, 2.45) is 23.7 Å². The van der Waals surface area contributed by atoms with Crippen molar-refractivity contribution in [3.8, 4) is 5.75 Å². The van der Waals surface area contributed by atoms with E-state index in [1.54, 1.807) is 0 Å². The maximum atomic E-state index is 12.8. The van der Waals surface area contributed by atoms with E-state index in [0.29, 0.717) is 11.7 Å². The van der Waals surface area contributed by atoms with Gasteiger partial charge in [0.25, 0.3) is 0 Å². The van der Waals surface area contributed by atoms with Gasteiger partial charge in [0, 0.05) is 0 Å². The van der Waals surface area contributed by atoms with Gasteiger partial charge < -0.3 is 4.74 Å². The molecule has 0 heterocycles. The fourth-order valence-electron chi connectivity index (χ4n) is 6.48. The second-order valence-corrected chi connectivity index (χ2v) is 11.1. The van der Waals surface area contributed by atoms with Crippen LogP contribution in [0.25, 0.3) is 0 Å². The van der Waals surface area contributed by atoms with E-state index in [9.17, 15) is 4.79 Å². The van der Waals surface area contributed by atoms with Crippen LogP contribution in [0.3, 0.4) is 0 Å². The van der Waals surface area contributed by atoms with Crippen LogP contribution in [0.2, 0.25) is 0 Å². The predicted molar refractivity (Wildman–Crippen MR) is 146 cm³/mol. The topological polar surface area (TPSA) is 26.3 Å². The molecule has 0 aromatic heterocycles. The molecule has 2 nitrogen and oxygen atoms in total. The van der Waals surface area contributed by atoms with Crippen LogP contribution in [0, 0.1) is 23.7 Å². The van der Waals surface area contributed by atoms with Crippen LogP contribution in [0.1, 0.15) is 95.1 Å². The SMILES string of the molecule is C/C=C/CCc1ccc(OC(=O)C2CCC(C3CCC(C[C@@H](C)c4ccccc4)CC3)CC2)cc1. The third-order valence-electron chi connectivity index (χ3n) is 8.70. The average Bonchev–Trinajstić information content (AvgIpc) is 2.91. The minimum atomic E-state index is -0.0243. The number of rotatable bonds is 9. The lowest BCUT2D eigenvalue weighted by Gasteiger charge is -2.38. The Bertz CT molecular complexity index is 913. The van der Waals surface area contributed by atoms with Crippen LogP contribution in [0.15, 0.2) is 66.7 Å². The molecule has 188 valence electrons. The molecule has 4 rings (SSSR count). The maximum absolute atomic E-state index is 12.8. The van der Waals surface area contributed by atoms with Gasteiger partial charge in [0.15, 0.2) is 0 Å². The third-order valence-corrected chi connectivity index (χ3v) is 8.70. The van der Waals surface area contributed by atoms with Crippen molar-refractivity contribution in [2.75, 3.05) is 0 Å². The highest BCUT2D eigenvalue weighted by Crippen LogP contribution is 2.43. The highest BCUT2D eigenvalue weighted by molar-refractivity contribution is 5.75. The first-order valence-electron chi connectivity index (χ1n) is 14.1. The highest BCUT2D eigenvalue weighted by Gasteiger charge is 2.34. The molecule has 0 spiro atoms. The molecule has 35 heavy (non-hydrogen) atoms. The van der Waals surface area contributed by atoms with Crippen molar-refractivity contribution < 1.29 is 9.53 Å². The molecule has 1 atom stereocenters. The van der Waals surface area contributed by atoms with E-state index >= 15 is 0 Å². The first-order chi connectivity index (χ1) is 17.1. The lowest BCUT2D eigenvalue weighted by molar-refractivity contribution is -0.140. The number of allylic oxidation sites excluding steroid dienone is 2. The number of hydrogen-bond donors (Lipinski definition) is 0. The van der Waals surface area contributed by atoms with E-state index < -0.39 is 0 Å². The van der Waals surface area contributed by atoms with Crippen LogP contribution < -0.4 is 4.74 Å². The van der Waals surface area contributed by atoms with Crippen LogP contribution in [-0.2, 0) is 11.2 Å². The number of aryl methyl sites for hydroxylation is 1. The van der Waals surface area contributed by atoms with Gasteiger partial charge in [-0.15, -0.1) is 0 Å². The fraction of sp³-hybridized carbons (Fsp3) is 0.545. The molecule has 2 heteroatoms. The lowest BCUT2D eigenvalue weighted by Crippen LogP contribution is -2.30. The normalized spacial score (nSPS) is 25.9. The first kappa shape index (κ1) is 25.7. The van der Waals surface area contributed by atoms with E-state index in [2.05, 4.69) is 68.5 Å². The van der Waals surface area contributed by atoms with Gasteiger partial charge in [-0.1, -0.05) is 74.4 Å². The second kappa shape index (κ2) is 13.1. The molecule has 2 aromatic carbocycles.